The lowest BCUT2D eigenvalue weighted by Crippen LogP contribution is -2.49. The molecule has 1 aliphatic carbocycles. The number of benzene rings is 1. The van der Waals surface area contributed by atoms with E-state index >= 15 is 0 Å². The van der Waals surface area contributed by atoms with E-state index in [9.17, 15) is 13.2 Å². The van der Waals surface area contributed by atoms with Gasteiger partial charge >= 0.3 is 0 Å². The number of amides is 1. The third kappa shape index (κ3) is 5.33. The summed E-state index contributed by atoms with van der Waals surface area (Å²) < 4.78 is 22.2. The fraction of sp³-hybridized carbons (Fsp3) is 0.450. The average Bonchev–Trinajstić information content (AvgIpc) is 3.41. The van der Waals surface area contributed by atoms with Crippen LogP contribution < -0.4 is 5.48 Å². The monoisotopic (exact) mass is 389 g/mol. The van der Waals surface area contributed by atoms with Gasteiger partial charge in [-0.15, -0.1) is 0 Å². The molecule has 1 aromatic rings. The van der Waals surface area contributed by atoms with Crippen LogP contribution in [0.2, 0.25) is 0 Å². The topological polar surface area (TPSA) is 104 Å². The molecule has 1 aliphatic rings. The Labute approximate surface area is 159 Å². The van der Waals surface area contributed by atoms with Gasteiger partial charge in [0.25, 0.3) is 5.91 Å². The number of aliphatic hydroxyl groups excluding tert-OH is 1. The van der Waals surface area contributed by atoms with Crippen molar-refractivity contribution >= 4 is 15.7 Å². The summed E-state index contributed by atoms with van der Waals surface area (Å²) in [6.07, 6.45) is 2.31. The van der Waals surface area contributed by atoms with Crippen LogP contribution in [0.1, 0.15) is 30.9 Å². The maximum atomic E-state index is 12.0. The summed E-state index contributed by atoms with van der Waals surface area (Å²) in [6, 6.07) is 7.25. The Morgan fingerprint density at radius 2 is 1.96 bits per heavy atom. The Balaban J connectivity index is 1.98. The lowest BCUT2D eigenvalue weighted by molar-refractivity contribution is -0.131. The van der Waals surface area contributed by atoms with Gasteiger partial charge in [-0.3, -0.25) is 10.0 Å². The molecular formula is C20H23NO5S. The van der Waals surface area contributed by atoms with Crippen LogP contribution in [0.15, 0.2) is 24.3 Å². The van der Waals surface area contributed by atoms with Crippen LogP contribution in [-0.2, 0) is 21.1 Å². The van der Waals surface area contributed by atoms with E-state index in [0.29, 0.717) is 12.3 Å². The Morgan fingerprint density at radius 3 is 2.48 bits per heavy atom. The summed E-state index contributed by atoms with van der Waals surface area (Å²) in [5.41, 5.74) is 3.08. The first-order chi connectivity index (χ1) is 12.7. The number of hydrogen-bond acceptors (Lipinski definition) is 5. The number of hydrogen-bond donors (Lipinski definition) is 3. The highest BCUT2D eigenvalue weighted by atomic mass is 32.2. The minimum atomic E-state index is -3.70. The van der Waals surface area contributed by atoms with Crippen molar-refractivity contribution in [1.29, 1.82) is 0 Å². The third-order valence-electron chi connectivity index (χ3n) is 4.93. The van der Waals surface area contributed by atoms with Gasteiger partial charge in [0.05, 0.1) is 0 Å². The lowest BCUT2D eigenvalue weighted by Gasteiger charge is -2.25. The summed E-state index contributed by atoms with van der Waals surface area (Å²) in [5.74, 6) is 11.1. The summed E-state index contributed by atoms with van der Waals surface area (Å²) in [7, 11) is -3.70. The molecule has 27 heavy (non-hydrogen) atoms. The molecule has 0 saturated heterocycles. The highest BCUT2D eigenvalue weighted by Gasteiger charge is 2.43. The van der Waals surface area contributed by atoms with E-state index in [1.807, 2.05) is 24.3 Å². The van der Waals surface area contributed by atoms with E-state index in [-0.39, 0.29) is 18.9 Å². The second-order valence-corrected chi connectivity index (χ2v) is 9.39. The molecule has 0 heterocycles. The molecule has 1 fully saturated rings. The second-order valence-electron chi connectivity index (χ2n) is 6.95. The molecule has 7 heteroatoms. The Bertz CT molecular complexity index is 915. The van der Waals surface area contributed by atoms with Crippen molar-refractivity contribution in [2.24, 2.45) is 11.8 Å². The summed E-state index contributed by atoms with van der Waals surface area (Å²) in [6.45, 7) is 1.47. The number of carbonyl (C=O) groups excluding carboxylic acids is 1. The summed E-state index contributed by atoms with van der Waals surface area (Å²) in [4.78, 5) is 11.8. The first kappa shape index (κ1) is 21.0. The van der Waals surface area contributed by atoms with E-state index in [0.717, 1.165) is 23.8 Å². The number of nitrogens with one attached hydrogen (secondary N) is 1. The number of aryl methyl sites for hydroxylation is 1. The summed E-state index contributed by atoms with van der Waals surface area (Å²) in [5, 5.41) is 17.8. The third-order valence-corrected chi connectivity index (χ3v) is 6.96. The van der Waals surface area contributed by atoms with Gasteiger partial charge in [-0.1, -0.05) is 24.0 Å². The van der Waals surface area contributed by atoms with Gasteiger partial charge in [-0.05, 0) is 61.6 Å². The van der Waals surface area contributed by atoms with Crippen molar-refractivity contribution in [3.05, 3.63) is 35.4 Å². The molecule has 1 amide bonds. The number of rotatable bonds is 6. The van der Waals surface area contributed by atoms with Crippen LogP contribution in [-0.4, -0.2) is 42.2 Å². The summed E-state index contributed by atoms with van der Waals surface area (Å²) >= 11 is 0. The Kier molecular flexibility index (Phi) is 6.67. The Hall–Kier alpha value is -2.32. The van der Waals surface area contributed by atoms with Crippen LogP contribution in [0.3, 0.4) is 0 Å². The molecule has 1 saturated carbocycles. The van der Waals surface area contributed by atoms with Gasteiger partial charge in [0.2, 0.25) is 0 Å². The zero-order valence-corrected chi connectivity index (χ0v) is 16.1. The number of aliphatic hydroxyl groups is 1. The maximum absolute atomic E-state index is 12.0. The smallest absolute Gasteiger partial charge is 0.264 e. The fourth-order valence-electron chi connectivity index (χ4n) is 2.58. The molecule has 0 radical (unpaired) electrons. The normalized spacial score (nSPS) is 20.3. The van der Waals surface area contributed by atoms with Crippen molar-refractivity contribution in [3.63, 3.8) is 0 Å². The minimum absolute atomic E-state index is 0.0438. The molecule has 3 atom stereocenters. The van der Waals surface area contributed by atoms with Gasteiger partial charge in [0.15, 0.2) is 9.84 Å². The quantitative estimate of drug-likeness (QED) is 0.381. The first-order valence-electron chi connectivity index (χ1n) is 8.56. The van der Waals surface area contributed by atoms with Crippen LogP contribution in [0.5, 0.6) is 0 Å². The molecule has 2 rings (SSSR count). The van der Waals surface area contributed by atoms with Crippen LogP contribution in [0.25, 0.3) is 0 Å². The largest absolute Gasteiger partial charge is 0.396 e. The van der Waals surface area contributed by atoms with E-state index < -0.39 is 20.5 Å². The fourth-order valence-corrected chi connectivity index (χ4v) is 3.44. The van der Waals surface area contributed by atoms with Crippen LogP contribution in [0, 0.1) is 35.5 Å². The highest BCUT2D eigenvalue weighted by Crippen LogP contribution is 2.36. The van der Waals surface area contributed by atoms with Crippen molar-refractivity contribution in [2.45, 2.75) is 30.9 Å². The van der Waals surface area contributed by atoms with Crippen molar-refractivity contribution in [1.82, 2.24) is 5.48 Å². The Morgan fingerprint density at radius 1 is 1.30 bits per heavy atom. The van der Waals surface area contributed by atoms with Gasteiger partial charge in [-0.2, -0.15) is 0 Å². The lowest BCUT2D eigenvalue weighted by atomic mass is 9.99. The first-order valence-corrected chi connectivity index (χ1v) is 10.5. The molecular weight excluding hydrogens is 366 g/mol. The molecule has 6 nitrogen and oxygen atoms in total. The van der Waals surface area contributed by atoms with Crippen molar-refractivity contribution < 1.29 is 23.5 Å². The van der Waals surface area contributed by atoms with E-state index in [1.165, 1.54) is 12.4 Å². The molecule has 3 N–H and O–H groups in total. The molecule has 0 aliphatic heterocycles. The minimum Gasteiger partial charge on any atom is -0.396 e. The van der Waals surface area contributed by atoms with Crippen molar-refractivity contribution in [2.75, 3.05) is 12.9 Å². The SMILES string of the molecule is CC(CCc1ccc(C#CC#C[C@H]2C[C@H]2CO)cc1)(C(=O)NO)S(C)(=O)=O. The predicted molar refractivity (Wildman–Crippen MR) is 101 cm³/mol. The van der Waals surface area contributed by atoms with Gasteiger partial charge in [0.1, 0.15) is 4.75 Å². The van der Waals surface area contributed by atoms with Crippen LogP contribution >= 0.6 is 0 Å². The van der Waals surface area contributed by atoms with E-state index in [4.69, 9.17) is 10.3 Å². The molecule has 1 aromatic carbocycles. The average molecular weight is 389 g/mol. The highest BCUT2D eigenvalue weighted by molar-refractivity contribution is 7.92. The van der Waals surface area contributed by atoms with Gasteiger partial charge in [-0.25, -0.2) is 13.9 Å². The number of carbonyl (C=O) groups is 1. The zero-order chi connectivity index (χ0) is 20.1. The maximum Gasteiger partial charge on any atom is 0.264 e. The molecule has 1 unspecified atom stereocenters. The van der Waals surface area contributed by atoms with Crippen LogP contribution in [0.4, 0.5) is 0 Å². The predicted octanol–water partition coefficient (Wildman–Crippen LogP) is 0.911. The van der Waals surface area contributed by atoms with Gasteiger partial charge in [0, 0.05) is 24.3 Å². The molecule has 0 aromatic heterocycles. The number of hydroxylamine groups is 1. The van der Waals surface area contributed by atoms with Crippen molar-refractivity contribution in [3.8, 4) is 23.7 Å². The molecule has 144 valence electrons. The second kappa shape index (κ2) is 8.58. The van der Waals surface area contributed by atoms with Gasteiger partial charge < -0.3 is 5.11 Å². The van der Waals surface area contributed by atoms with E-state index in [2.05, 4.69) is 23.7 Å². The standard InChI is InChI=1S/C20H23NO5S/c1-20(19(23)21-24,27(2,25)26)12-11-16-9-7-15(8-10-16)5-3-4-6-17-13-18(17)14-22/h7-10,17-18,22,24H,11-14H2,1-2H3,(H,21,23)/t17-,18-,20?/m0/s1. The molecule has 0 bridgehead atoms. The molecule has 0 spiro atoms. The van der Waals surface area contributed by atoms with E-state index in [1.54, 1.807) is 0 Å². The zero-order valence-electron chi connectivity index (χ0n) is 15.3. The number of sulfone groups is 1.